The minimum absolute atomic E-state index is 0.150. The molecule has 0 amide bonds. The summed E-state index contributed by atoms with van der Waals surface area (Å²) >= 11 is 3.35. The van der Waals surface area contributed by atoms with Crippen LogP contribution in [0.2, 0.25) is 0 Å². The van der Waals surface area contributed by atoms with Crippen LogP contribution in [-0.4, -0.2) is 262 Å². The lowest BCUT2D eigenvalue weighted by atomic mass is 9.47. The summed E-state index contributed by atoms with van der Waals surface area (Å²) in [5.74, 6) is -10.4. The summed E-state index contributed by atoms with van der Waals surface area (Å²) in [5.41, 5.74) is -2.48. The maximum absolute atomic E-state index is 15.4. The van der Waals surface area contributed by atoms with E-state index in [2.05, 4.69) is 79.0 Å². The van der Waals surface area contributed by atoms with Gasteiger partial charge in [-0.05, 0) is 193 Å². The third kappa shape index (κ3) is 12.5. The zero-order valence-corrected chi connectivity index (χ0v) is 75.6. The van der Waals surface area contributed by atoms with E-state index in [1.807, 2.05) is 86.5 Å². The monoisotopic (exact) mass is 1750 g/mol. The van der Waals surface area contributed by atoms with Gasteiger partial charge in [0, 0.05) is 203 Å². The number of rotatable bonds is 17. The highest BCUT2D eigenvalue weighted by molar-refractivity contribution is 7.99. The van der Waals surface area contributed by atoms with Crippen molar-refractivity contribution in [2.24, 2.45) is 34.5 Å². The first-order valence-electron chi connectivity index (χ1n) is 43.9. The Balaban J connectivity index is 0.000000176. The molecule has 6 aromatic rings. The number of benzene rings is 4. The molecule has 0 radical (unpaired) electrons. The summed E-state index contributed by atoms with van der Waals surface area (Å²) in [7, 11) is 10.8. The molecule has 2 aromatic heterocycles. The maximum atomic E-state index is 15.4. The molecular formula is C95H118F4N8O15S2. The van der Waals surface area contributed by atoms with Gasteiger partial charge in [0.1, 0.15) is 22.3 Å². The van der Waals surface area contributed by atoms with E-state index in [9.17, 15) is 29.4 Å². The summed E-state index contributed by atoms with van der Waals surface area (Å²) in [6.07, 6.45) is 11.4. The zero-order valence-electron chi connectivity index (χ0n) is 73.9. The van der Waals surface area contributed by atoms with E-state index in [0.717, 1.165) is 79.1 Å². The predicted octanol–water partition coefficient (Wildman–Crippen LogP) is 12.5. The number of alkyl halides is 4. The Labute approximate surface area is 730 Å². The number of methoxy groups -OCH3 is 5. The highest BCUT2D eigenvalue weighted by Gasteiger charge is 2.82. The second-order valence-electron chi connectivity index (χ2n) is 37.7. The number of hydrogen-bond donors (Lipinski definition) is 4. The number of Topliss-reactive ketones (excluding diaryl/α,β-unsaturated/α-hetero) is 1. The Hall–Kier alpha value is -8.16. The van der Waals surface area contributed by atoms with Crippen LogP contribution in [0.1, 0.15) is 152 Å². The van der Waals surface area contributed by atoms with Crippen LogP contribution in [-0.2, 0) is 87.0 Å². The molecule has 668 valence electrons. The maximum Gasteiger partial charge on any atom is 0.344 e. The van der Waals surface area contributed by atoms with E-state index in [0.29, 0.717) is 131 Å². The van der Waals surface area contributed by atoms with E-state index < -0.39 is 127 Å². The number of aromatic amines is 2. The molecular weight excluding hydrogens is 1630 g/mol. The third-order valence-corrected chi connectivity index (χ3v) is 33.5. The molecule has 2 saturated carbocycles. The van der Waals surface area contributed by atoms with Gasteiger partial charge < -0.3 is 72.9 Å². The van der Waals surface area contributed by atoms with Crippen molar-refractivity contribution in [3.8, 4) is 11.5 Å². The Bertz CT molecular complexity index is 5380. The third-order valence-electron chi connectivity index (χ3n) is 31.9. The van der Waals surface area contributed by atoms with Crippen molar-refractivity contribution in [2.45, 2.75) is 210 Å². The number of fused-ring (bicyclic) bond motifs is 12. The van der Waals surface area contributed by atoms with Crippen LogP contribution >= 0.6 is 23.5 Å². The predicted molar refractivity (Wildman–Crippen MR) is 465 cm³/mol. The van der Waals surface area contributed by atoms with Crippen molar-refractivity contribution in [3.63, 3.8) is 0 Å². The van der Waals surface area contributed by atoms with Gasteiger partial charge in [-0.15, -0.1) is 23.5 Å². The molecule has 29 heteroatoms. The molecule has 10 aliphatic heterocycles. The second-order valence-corrected chi connectivity index (χ2v) is 39.9. The zero-order chi connectivity index (χ0) is 88.6. The number of anilines is 2. The van der Waals surface area contributed by atoms with Crippen LogP contribution in [0.15, 0.2) is 94.8 Å². The molecule has 18 rings (SSSR count). The molecule has 2 spiro atoms. The van der Waals surface area contributed by atoms with Crippen molar-refractivity contribution >= 4 is 92.3 Å². The average molecular weight is 1750 g/mol. The molecule has 12 heterocycles. The lowest BCUT2D eigenvalue weighted by Gasteiger charge is -2.64. The number of aromatic nitrogens is 2. The van der Waals surface area contributed by atoms with E-state index in [4.69, 9.17) is 33.2 Å². The van der Waals surface area contributed by atoms with Gasteiger partial charge >= 0.3 is 29.8 Å². The molecule has 2 aliphatic carbocycles. The first-order chi connectivity index (χ1) is 58.9. The van der Waals surface area contributed by atoms with Crippen LogP contribution in [0.3, 0.4) is 0 Å². The fraction of sp³-hybridized carbons (Fsp3) is 0.600. The number of piperidine rings is 2. The smallest absolute Gasteiger partial charge is 0.344 e. The highest BCUT2D eigenvalue weighted by Crippen LogP contribution is 2.71. The Kier molecular flexibility index (Phi) is 22.2. The number of esters is 5. The number of ketones is 1. The number of aliphatic hydroxyl groups is 2. The van der Waals surface area contributed by atoms with Gasteiger partial charge in [0.05, 0.1) is 47.6 Å². The van der Waals surface area contributed by atoms with E-state index >= 15 is 27.2 Å². The number of nitrogens with one attached hydrogen (secondary N) is 2. The molecule has 4 aromatic carbocycles. The molecule has 4 N–H and O–H groups in total. The van der Waals surface area contributed by atoms with Gasteiger partial charge in [-0.25, -0.2) is 22.4 Å². The van der Waals surface area contributed by atoms with Crippen LogP contribution < -0.4 is 19.3 Å². The number of H-pyrrole nitrogens is 2. The number of carbonyl (C=O) groups is 6. The van der Waals surface area contributed by atoms with Crippen LogP contribution in [0, 0.1) is 34.5 Å². The summed E-state index contributed by atoms with van der Waals surface area (Å²) in [5, 5.41) is 28.6. The minimum Gasteiger partial charge on any atom is -0.496 e. The average Bonchev–Trinajstić information content (AvgIpc) is 1.47. The van der Waals surface area contributed by atoms with Crippen molar-refractivity contribution in [3.05, 3.63) is 130 Å². The Morgan fingerprint density at radius 3 is 1.35 bits per heavy atom. The molecule has 4 unspecified atom stereocenters. The molecule has 4 saturated heterocycles. The number of hydrogen-bond acceptors (Lipinski definition) is 23. The van der Waals surface area contributed by atoms with Crippen LogP contribution in [0.5, 0.6) is 11.5 Å². The number of thioether (sulfide) groups is 2. The van der Waals surface area contributed by atoms with Gasteiger partial charge in [0.25, 0.3) is 0 Å². The van der Waals surface area contributed by atoms with Gasteiger partial charge in [-0.2, -0.15) is 0 Å². The van der Waals surface area contributed by atoms with E-state index in [1.54, 1.807) is 37.7 Å². The molecule has 23 nitrogen and oxygen atoms in total. The number of halogens is 4. The number of carbonyl (C=O) groups excluding carboxylic acids is 6. The summed E-state index contributed by atoms with van der Waals surface area (Å²) in [4.78, 5) is 108. The van der Waals surface area contributed by atoms with Crippen molar-refractivity contribution in [1.82, 2.24) is 29.6 Å². The van der Waals surface area contributed by atoms with E-state index in [1.165, 1.54) is 42.1 Å². The lowest BCUT2D eigenvalue weighted by Crippen LogP contribution is -2.81. The first kappa shape index (κ1) is 87.9. The van der Waals surface area contributed by atoms with Crippen LogP contribution in [0.4, 0.5) is 28.9 Å². The first-order valence-corrected chi connectivity index (χ1v) is 46.1. The van der Waals surface area contributed by atoms with Gasteiger partial charge in [-0.1, -0.05) is 45.1 Å². The number of nitrogens with zero attached hydrogens (tertiary/aromatic N) is 6. The fourth-order valence-corrected chi connectivity index (χ4v) is 28.4. The van der Waals surface area contributed by atoms with Gasteiger partial charge in [-0.3, -0.25) is 33.8 Å². The molecule has 12 aliphatic rings. The van der Waals surface area contributed by atoms with Crippen molar-refractivity contribution < 1.29 is 89.7 Å². The highest BCUT2D eigenvalue weighted by atomic mass is 32.2. The molecule has 20 atom stereocenters. The topological polar surface area (TPSA) is 259 Å². The minimum atomic E-state index is -2.94. The Morgan fingerprint density at radius 2 is 0.960 bits per heavy atom. The quantitative estimate of drug-likeness (QED) is 0.0217. The van der Waals surface area contributed by atoms with Gasteiger partial charge in [0.15, 0.2) is 23.6 Å². The largest absolute Gasteiger partial charge is 0.496 e. The lowest BCUT2D eigenvalue weighted by molar-refractivity contribution is -0.228. The van der Waals surface area contributed by atoms with Crippen LogP contribution in [0.25, 0.3) is 21.8 Å². The Morgan fingerprint density at radius 1 is 0.540 bits per heavy atom. The standard InChI is InChI=1S/C48H60F2N4O7S.C47H58F2N4O8S/c1-9-45-15-11-17-54-19-16-46(40(45)54)34-22-35(38(59-7)23-37(34)52(6)41(46)48(58,27(3)55)42(45)61-28(4)56)47(43(57)60-8)24-29-20-30(44(5,49)50)26-53(25-29)18-14-32-33-21-31(62-10-2)12-13-36(33)51-39(32)47;1-9-44-14-10-16-53-18-15-45(38(44)53)32-21-33(36(58-5)22-35(32)51(4)39(45)47(57,42(56)60-7)40(44)61-26(2)54)46(41(55)59-6)23-27-19-28(43(3,48)49)25-52(24-27)17-13-30-31-20-29(62-8)11-12-34(31)50-37(30)46/h11-13,15,21-23,29-30,40-42,51,58H,9-10,14,16-20,24-26H2,1-8H3;10-12,14,20-22,27-28,38-40,50,57H,9,13,15-19,23-25H2,1-8H3/t29-,30?,40+,41-,42-,45-,46-,47+,48+;27-,28?,38+,39-,40-,44-,45-,46+,47+/m11/s1. The number of likely N-dealkylation sites (N-methyl/N-ethyl adjacent to an activating group) is 2. The number of ether oxygens (including phenoxy) is 7. The molecule has 4 bridgehead atoms. The molecule has 6 fully saturated rings. The van der Waals surface area contributed by atoms with Gasteiger partial charge in [0.2, 0.25) is 17.4 Å². The summed E-state index contributed by atoms with van der Waals surface area (Å²) in [6.45, 7) is 17.2. The second kappa shape index (κ2) is 31.4. The van der Waals surface area contributed by atoms with Crippen molar-refractivity contribution in [1.29, 1.82) is 0 Å². The summed E-state index contributed by atoms with van der Waals surface area (Å²) in [6, 6.07) is 17.9. The fourth-order valence-electron chi connectivity index (χ4n) is 27.3. The molecule has 124 heavy (non-hydrogen) atoms. The SMILES string of the molecule is CCSc1ccc2[nH]c3c(c2c1)CCN1CC(C(C)(F)F)C[C@@H](C1)C[C@]3(C(=O)OC)c1cc2c(cc1OC)N(C)[C@H]1[C@@](O)(C(C)=O)[C@H](OC(C)=O)[C@]3(CC)C=CCN4CC[C@]21[C@@H]43.CC[C@]12C=CCN3CC[C@@]4(c5cc([C@@]6(C(=O)OC)C[C@H]7CC(C(C)(F)F)CN(CCc8c6[nH]c6ccc(SC)cc86)C7)c(OC)cc5N(C)[C@H]4[C@@](O)(C(=O)OC)[C@@H]1OC(C)=O)[C@@H]32. The van der Waals surface area contributed by atoms with E-state index in [-0.39, 0.29) is 62.7 Å². The van der Waals surface area contributed by atoms with Crippen molar-refractivity contribution in [2.75, 3.05) is 137 Å². The normalized spacial score (nSPS) is 34.9. The summed E-state index contributed by atoms with van der Waals surface area (Å²) < 4.78 is 104.